The molecular weight excluding hydrogens is 279 g/mol. The van der Waals surface area contributed by atoms with Gasteiger partial charge < -0.3 is 9.90 Å². The van der Waals surface area contributed by atoms with E-state index >= 15 is 0 Å². The molecule has 0 saturated heterocycles. The summed E-state index contributed by atoms with van der Waals surface area (Å²) in [4.78, 5) is 10.3. The molecule has 0 fully saturated rings. The summed E-state index contributed by atoms with van der Waals surface area (Å²) in [5.41, 5.74) is 0. The Kier molecular flexibility index (Phi) is 10.0. The third kappa shape index (κ3) is 7.24. The third-order valence-corrected chi connectivity index (χ3v) is 3.17. The molecule has 72 valence electrons. The second-order valence-corrected chi connectivity index (χ2v) is 4.99. The number of thioether (sulfide) groups is 1. The van der Waals surface area contributed by atoms with Crippen LogP contribution in [0, 0.1) is 11.3 Å². The Morgan fingerprint density at radius 2 is 2.14 bits per heavy atom. The number of hydrogen-bond acceptors (Lipinski definition) is 4. The Balaban J connectivity index is 0. The minimum atomic E-state index is -1.99. The van der Waals surface area contributed by atoms with Crippen molar-refractivity contribution in [1.82, 2.24) is 0 Å². The van der Waals surface area contributed by atoms with E-state index in [2.05, 4.69) is 0 Å². The first kappa shape index (κ1) is 17.3. The third-order valence-electron chi connectivity index (χ3n) is 0.868. The molecule has 0 aromatic heterocycles. The summed E-state index contributed by atoms with van der Waals surface area (Å²) in [6.45, 7) is 0. The van der Waals surface area contributed by atoms with Gasteiger partial charge in [0.25, 0.3) is 0 Å². The topological polar surface area (TPSA) is 63.9 Å². The first-order valence-electron chi connectivity index (χ1n) is 2.87. The normalized spacial score (nSPS) is 11.4. The molecule has 0 heterocycles. The number of nitrogens with zero attached hydrogens (tertiary/aromatic N) is 1. The maximum absolute atomic E-state index is 10.3. The molecule has 0 unspecified atom stereocenters. The first-order chi connectivity index (χ1) is 5.90. The quantitative estimate of drug-likeness (QED) is 0.349. The van der Waals surface area contributed by atoms with Gasteiger partial charge in [-0.3, -0.25) is 0 Å². The molecule has 0 atom stereocenters. The summed E-state index contributed by atoms with van der Waals surface area (Å²) < 4.78 is -1.87. The van der Waals surface area contributed by atoms with Gasteiger partial charge in [0.1, 0.15) is 0 Å². The van der Waals surface area contributed by atoms with Crippen LogP contribution in [0.15, 0.2) is 10.4 Å². The van der Waals surface area contributed by atoms with Crippen LogP contribution < -0.4 is 34.7 Å². The Labute approximate surface area is 123 Å². The minimum Gasteiger partial charge on any atom is -0.547 e. The maximum atomic E-state index is 10.3. The van der Waals surface area contributed by atoms with E-state index in [1.54, 1.807) is 6.07 Å². The Morgan fingerprint density at radius 1 is 1.64 bits per heavy atom. The van der Waals surface area contributed by atoms with E-state index in [0.29, 0.717) is 0 Å². The van der Waals surface area contributed by atoms with Crippen molar-refractivity contribution in [1.29, 1.82) is 5.26 Å². The van der Waals surface area contributed by atoms with Crippen LogP contribution in [0.4, 0.5) is 0 Å². The predicted octanol–water partition coefficient (Wildman–Crippen LogP) is -1.75. The van der Waals surface area contributed by atoms with Gasteiger partial charge in [0.2, 0.25) is 0 Å². The predicted molar refractivity (Wildman–Crippen MR) is 51.5 cm³/mol. The fourth-order valence-electron chi connectivity index (χ4n) is 0.311. The summed E-state index contributed by atoms with van der Waals surface area (Å²) in [7, 11) is 0. The van der Waals surface area contributed by atoms with Gasteiger partial charge in [0.15, 0.2) is 4.33 Å². The van der Waals surface area contributed by atoms with Crippen LogP contribution in [0.5, 0.6) is 0 Å². The molecule has 0 rings (SSSR count). The minimum absolute atomic E-state index is 0. The van der Waals surface area contributed by atoms with Gasteiger partial charge >= 0.3 is 29.6 Å². The van der Waals surface area contributed by atoms with Crippen molar-refractivity contribution >= 4 is 52.5 Å². The molecule has 0 radical (unpaired) electrons. The molecule has 0 aromatic rings. The number of halogens is 3. The van der Waals surface area contributed by atoms with Crippen LogP contribution in [-0.2, 0) is 4.79 Å². The average molecular weight is 283 g/mol. The fourth-order valence-corrected chi connectivity index (χ4v) is 1.42. The second-order valence-electron chi connectivity index (χ2n) is 1.86. The standard InChI is InChI=1S/C6H4Cl3NO2S.Na/c7-4(1-2-10)13-3-6(8,9)5(11)12;/h1H,3H2,(H,11,12);/q;+1/p-1/b4-1+;. The number of carboxylic acid groups (broad SMARTS) is 1. The molecular formula is C6H3Cl3NNaO2S. The van der Waals surface area contributed by atoms with Gasteiger partial charge in [0, 0.05) is 11.8 Å². The van der Waals surface area contributed by atoms with Crippen LogP contribution in [0.3, 0.4) is 0 Å². The van der Waals surface area contributed by atoms with Crippen LogP contribution in [-0.4, -0.2) is 16.1 Å². The molecule has 0 saturated carbocycles. The van der Waals surface area contributed by atoms with Gasteiger partial charge in [-0.2, -0.15) is 5.26 Å². The summed E-state index contributed by atoms with van der Waals surface area (Å²) in [5.74, 6) is -1.78. The van der Waals surface area contributed by atoms with Gasteiger partial charge in [-0.25, -0.2) is 0 Å². The maximum Gasteiger partial charge on any atom is 1.00 e. The molecule has 0 spiro atoms. The first-order valence-corrected chi connectivity index (χ1v) is 4.99. The van der Waals surface area contributed by atoms with E-state index in [9.17, 15) is 9.90 Å². The van der Waals surface area contributed by atoms with E-state index in [1.807, 2.05) is 0 Å². The molecule has 14 heavy (non-hydrogen) atoms. The van der Waals surface area contributed by atoms with Gasteiger partial charge in [-0.05, 0) is 0 Å². The van der Waals surface area contributed by atoms with Crippen LogP contribution in [0.2, 0.25) is 0 Å². The molecule has 0 aliphatic rings. The zero-order chi connectivity index (χ0) is 10.5. The summed E-state index contributed by atoms with van der Waals surface area (Å²) in [6.07, 6.45) is 1.05. The molecule has 0 aliphatic carbocycles. The molecule has 0 aromatic carbocycles. The number of nitriles is 1. The van der Waals surface area contributed by atoms with Crippen LogP contribution >= 0.6 is 46.6 Å². The number of allylic oxidation sites excluding steroid dienone is 1. The number of rotatable bonds is 4. The van der Waals surface area contributed by atoms with Crippen molar-refractivity contribution in [3.05, 3.63) is 10.4 Å². The number of alkyl halides is 2. The van der Waals surface area contributed by atoms with Gasteiger partial charge in [0.05, 0.1) is 16.4 Å². The number of carboxylic acids is 1. The zero-order valence-corrected chi connectivity index (χ0v) is 12.2. The van der Waals surface area contributed by atoms with Crippen molar-refractivity contribution in [2.75, 3.05) is 5.75 Å². The molecule has 0 bridgehead atoms. The number of hydrogen-bond donors (Lipinski definition) is 0. The zero-order valence-electron chi connectivity index (χ0n) is 7.09. The largest absolute Gasteiger partial charge is 1.00 e. The van der Waals surface area contributed by atoms with Gasteiger partial charge in [-0.15, -0.1) is 11.8 Å². The second kappa shape index (κ2) is 8.12. The Morgan fingerprint density at radius 3 is 2.50 bits per heavy atom. The van der Waals surface area contributed by atoms with Crippen LogP contribution in [0.1, 0.15) is 0 Å². The van der Waals surface area contributed by atoms with E-state index in [4.69, 9.17) is 40.1 Å². The molecule has 0 amide bonds. The summed E-state index contributed by atoms with van der Waals surface area (Å²) in [6, 6.07) is 1.67. The smallest absolute Gasteiger partial charge is 0.547 e. The SMILES string of the molecule is N#C/C=C(\Cl)SCC(Cl)(Cl)C(=O)[O-].[Na+]. The van der Waals surface area contributed by atoms with E-state index < -0.39 is 10.3 Å². The fraction of sp³-hybridized carbons (Fsp3) is 0.333. The van der Waals surface area contributed by atoms with Crippen molar-refractivity contribution in [3.8, 4) is 6.07 Å². The van der Waals surface area contributed by atoms with Crippen molar-refractivity contribution in [2.45, 2.75) is 4.33 Å². The Bertz CT molecular complexity index is 277. The van der Waals surface area contributed by atoms with Crippen molar-refractivity contribution < 1.29 is 39.5 Å². The molecule has 8 heteroatoms. The van der Waals surface area contributed by atoms with E-state index in [0.717, 1.165) is 17.8 Å². The summed E-state index contributed by atoms with van der Waals surface area (Å²) >= 11 is 17.0. The number of aliphatic carboxylic acids is 1. The molecule has 3 nitrogen and oxygen atoms in total. The monoisotopic (exact) mass is 281 g/mol. The summed E-state index contributed by atoms with van der Waals surface area (Å²) in [5, 5.41) is 18.4. The molecule has 0 N–H and O–H groups in total. The van der Waals surface area contributed by atoms with E-state index in [-0.39, 0.29) is 39.7 Å². The van der Waals surface area contributed by atoms with E-state index in [1.165, 1.54) is 0 Å². The van der Waals surface area contributed by atoms with Gasteiger partial charge in [-0.1, -0.05) is 34.8 Å². The number of carbonyl (C=O) groups is 1. The van der Waals surface area contributed by atoms with Crippen LogP contribution in [0.25, 0.3) is 0 Å². The molecule has 0 aliphatic heterocycles. The number of carbonyl (C=O) groups excluding carboxylic acids is 1. The Hall–Kier alpha value is 0.920. The van der Waals surface area contributed by atoms with Crippen molar-refractivity contribution in [3.63, 3.8) is 0 Å². The average Bonchev–Trinajstić information content (AvgIpc) is 2.01. The van der Waals surface area contributed by atoms with Crippen molar-refractivity contribution in [2.24, 2.45) is 0 Å².